The summed E-state index contributed by atoms with van der Waals surface area (Å²) in [5.74, 6) is 0.500. The average Bonchev–Trinajstić information content (AvgIpc) is 2.71. The first-order chi connectivity index (χ1) is 13.5. The van der Waals surface area contributed by atoms with Crippen LogP contribution in [0.2, 0.25) is 0 Å². The third kappa shape index (κ3) is 4.88. The molecular weight excluding hydrogens is 425 g/mol. The van der Waals surface area contributed by atoms with E-state index in [1.807, 2.05) is 31.2 Å². The van der Waals surface area contributed by atoms with Gasteiger partial charge in [0, 0.05) is 6.20 Å². The lowest BCUT2D eigenvalue weighted by Crippen LogP contribution is -2.25. The predicted molar refractivity (Wildman–Crippen MR) is 110 cm³/mol. The topological polar surface area (TPSA) is 40.5 Å². The molecule has 0 saturated heterocycles. The molecule has 0 unspecified atom stereocenters. The number of halogens is 2. The zero-order valence-electron chi connectivity index (χ0n) is 15.7. The lowest BCUT2D eigenvalue weighted by atomic mass is 10.1. The molecule has 3 rings (SSSR count). The summed E-state index contributed by atoms with van der Waals surface area (Å²) in [5, 5.41) is 0. The Kier molecular flexibility index (Phi) is 6.65. The smallest absolute Gasteiger partial charge is 0.265 e. The molecule has 146 valence electrons. The van der Waals surface area contributed by atoms with Gasteiger partial charge in [0.05, 0.1) is 30.8 Å². The summed E-state index contributed by atoms with van der Waals surface area (Å²) in [5.41, 5.74) is 2.62. The molecule has 0 fully saturated rings. The number of hydrogen-bond acceptors (Lipinski definition) is 3. The van der Waals surface area contributed by atoms with E-state index >= 15 is 0 Å². The summed E-state index contributed by atoms with van der Waals surface area (Å²) in [6.45, 7) is 2.72. The van der Waals surface area contributed by atoms with Crippen LogP contribution in [-0.4, -0.2) is 11.7 Å². The van der Waals surface area contributed by atoms with Crippen LogP contribution in [0.4, 0.5) is 4.39 Å². The van der Waals surface area contributed by atoms with Crippen molar-refractivity contribution in [2.75, 3.05) is 7.11 Å². The zero-order chi connectivity index (χ0) is 20.1. The van der Waals surface area contributed by atoms with E-state index in [0.29, 0.717) is 17.7 Å². The number of hydrogen-bond donors (Lipinski definition) is 0. The molecule has 0 spiro atoms. The summed E-state index contributed by atoms with van der Waals surface area (Å²) in [4.78, 5) is 12.5. The molecule has 6 heteroatoms. The Morgan fingerprint density at radius 2 is 1.68 bits per heavy atom. The highest BCUT2D eigenvalue weighted by Gasteiger charge is 2.13. The molecule has 1 aromatic heterocycles. The molecule has 0 aliphatic carbocycles. The van der Waals surface area contributed by atoms with Gasteiger partial charge in [0.15, 0.2) is 0 Å². The van der Waals surface area contributed by atoms with Crippen molar-refractivity contribution in [1.82, 2.24) is 4.57 Å². The van der Waals surface area contributed by atoms with E-state index in [2.05, 4.69) is 15.9 Å². The lowest BCUT2D eigenvalue weighted by Gasteiger charge is -2.17. The van der Waals surface area contributed by atoms with Crippen LogP contribution < -0.4 is 10.3 Å². The van der Waals surface area contributed by atoms with Crippen molar-refractivity contribution in [3.8, 4) is 5.75 Å². The quantitative estimate of drug-likeness (QED) is 0.508. The van der Waals surface area contributed by atoms with E-state index in [4.69, 9.17) is 9.47 Å². The number of nitrogens with zero attached hydrogens (tertiary/aromatic N) is 1. The van der Waals surface area contributed by atoms with Gasteiger partial charge in [-0.1, -0.05) is 24.3 Å². The number of pyridine rings is 1. The van der Waals surface area contributed by atoms with Crippen LogP contribution in [0, 0.1) is 5.82 Å². The molecule has 0 radical (unpaired) electrons. The fourth-order valence-electron chi connectivity index (χ4n) is 2.90. The SMILES string of the molecule is COc1ccc(COCc2cc(Br)c(=O)n([C@@H](C)c3ccc(F)cc3)c2)cc1. The third-order valence-electron chi connectivity index (χ3n) is 4.52. The van der Waals surface area contributed by atoms with Crippen LogP contribution in [0.3, 0.4) is 0 Å². The van der Waals surface area contributed by atoms with Gasteiger partial charge < -0.3 is 14.0 Å². The van der Waals surface area contributed by atoms with Gasteiger partial charge in [-0.25, -0.2) is 4.39 Å². The normalized spacial score (nSPS) is 12.0. The maximum absolute atomic E-state index is 13.2. The van der Waals surface area contributed by atoms with Gasteiger partial charge in [0.2, 0.25) is 0 Å². The van der Waals surface area contributed by atoms with E-state index in [1.54, 1.807) is 36.1 Å². The summed E-state index contributed by atoms with van der Waals surface area (Å²) in [6.07, 6.45) is 1.79. The fraction of sp³-hybridized carbons (Fsp3) is 0.227. The molecular formula is C22H21BrFNO3. The van der Waals surface area contributed by atoms with Gasteiger partial charge in [0.25, 0.3) is 5.56 Å². The number of benzene rings is 2. The van der Waals surface area contributed by atoms with E-state index in [9.17, 15) is 9.18 Å². The maximum atomic E-state index is 13.2. The molecule has 0 N–H and O–H groups in total. The van der Waals surface area contributed by atoms with Gasteiger partial charge in [-0.2, -0.15) is 0 Å². The Hall–Kier alpha value is -2.44. The standard InChI is InChI=1S/C22H21BrFNO3/c1-15(18-5-7-19(24)8-6-18)25-12-17(11-21(23)22(25)26)14-28-13-16-3-9-20(27-2)10-4-16/h3-12,15H,13-14H2,1-2H3/t15-/m0/s1. The monoisotopic (exact) mass is 445 g/mol. The van der Waals surface area contributed by atoms with Crippen LogP contribution in [0.1, 0.15) is 29.7 Å². The first-order valence-electron chi connectivity index (χ1n) is 8.84. The highest BCUT2D eigenvalue weighted by atomic mass is 79.9. The van der Waals surface area contributed by atoms with Crippen molar-refractivity contribution < 1.29 is 13.9 Å². The zero-order valence-corrected chi connectivity index (χ0v) is 17.3. The lowest BCUT2D eigenvalue weighted by molar-refractivity contribution is 0.106. The molecule has 2 aromatic carbocycles. The molecule has 1 heterocycles. The second kappa shape index (κ2) is 9.17. The number of rotatable bonds is 7. The van der Waals surface area contributed by atoms with Crippen LogP contribution in [-0.2, 0) is 18.0 Å². The first kappa shape index (κ1) is 20.3. The van der Waals surface area contributed by atoms with Crippen LogP contribution >= 0.6 is 15.9 Å². The molecule has 0 saturated carbocycles. The molecule has 0 amide bonds. The van der Waals surface area contributed by atoms with Crippen LogP contribution in [0.5, 0.6) is 5.75 Å². The van der Waals surface area contributed by atoms with Crippen molar-refractivity contribution >= 4 is 15.9 Å². The molecule has 0 bridgehead atoms. The summed E-state index contributed by atoms with van der Waals surface area (Å²) >= 11 is 3.34. The fourth-order valence-corrected chi connectivity index (χ4v) is 3.40. The Labute approximate surface area is 171 Å². The Bertz CT molecular complexity index is 984. The van der Waals surface area contributed by atoms with Gasteiger partial charge in [-0.15, -0.1) is 0 Å². The van der Waals surface area contributed by atoms with Gasteiger partial charge >= 0.3 is 0 Å². The number of aromatic nitrogens is 1. The minimum atomic E-state index is -0.301. The minimum Gasteiger partial charge on any atom is -0.497 e. The molecule has 1 atom stereocenters. The Morgan fingerprint density at radius 3 is 2.32 bits per heavy atom. The Balaban J connectivity index is 1.73. The maximum Gasteiger partial charge on any atom is 0.265 e. The summed E-state index contributed by atoms with van der Waals surface area (Å²) < 4.78 is 26.2. The third-order valence-corrected chi connectivity index (χ3v) is 5.09. The molecule has 28 heavy (non-hydrogen) atoms. The van der Waals surface area contributed by atoms with Gasteiger partial charge in [-0.05, 0) is 69.9 Å². The average molecular weight is 446 g/mol. The summed E-state index contributed by atoms with van der Waals surface area (Å²) in [7, 11) is 1.63. The van der Waals surface area contributed by atoms with Crippen molar-refractivity contribution in [2.45, 2.75) is 26.2 Å². The minimum absolute atomic E-state index is 0.143. The van der Waals surface area contributed by atoms with E-state index < -0.39 is 0 Å². The highest BCUT2D eigenvalue weighted by molar-refractivity contribution is 9.10. The van der Waals surface area contributed by atoms with E-state index in [1.165, 1.54) is 12.1 Å². The van der Waals surface area contributed by atoms with Crippen LogP contribution in [0.15, 0.2) is 70.1 Å². The van der Waals surface area contributed by atoms with E-state index in [-0.39, 0.29) is 17.4 Å². The van der Waals surface area contributed by atoms with Gasteiger partial charge in [0.1, 0.15) is 11.6 Å². The first-order valence-corrected chi connectivity index (χ1v) is 9.64. The van der Waals surface area contributed by atoms with Gasteiger partial charge in [-0.3, -0.25) is 4.79 Å². The molecule has 0 aliphatic rings. The van der Waals surface area contributed by atoms with Crippen molar-refractivity contribution in [2.24, 2.45) is 0 Å². The predicted octanol–water partition coefficient (Wildman–Crippen LogP) is 5.08. The van der Waals surface area contributed by atoms with Crippen molar-refractivity contribution in [1.29, 1.82) is 0 Å². The molecule has 0 aliphatic heterocycles. The largest absolute Gasteiger partial charge is 0.497 e. The van der Waals surface area contributed by atoms with Crippen molar-refractivity contribution in [3.05, 3.63) is 98.1 Å². The van der Waals surface area contributed by atoms with Crippen LogP contribution in [0.25, 0.3) is 0 Å². The second-order valence-electron chi connectivity index (χ2n) is 6.48. The van der Waals surface area contributed by atoms with E-state index in [0.717, 1.165) is 22.4 Å². The number of methoxy groups -OCH3 is 1. The van der Waals surface area contributed by atoms with Crippen molar-refractivity contribution in [3.63, 3.8) is 0 Å². The molecule has 3 aromatic rings. The second-order valence-corrected chi connectivity index (χ2v) is 7.33. The highest BCUT2D eigenvalue weighted by Crippen LogP contribution is 2.19. The Morgan fingerprint density at radius 1 is 1.04 bits per heavy atom. The molecule has 4 nitrogen and oxygen atoms in total. The summed E-state index contributed by atoms with van der Waals surface area (Å²) in [6, 6.07) is 15.4. The number of ether oxygens (including phenoxy) is 2.